The van der Waals surface area contributed by atoms with E-state index in [9.17, 15) is 0 Å². The van der Waals surface area contributed by atoms with Gasteiger partial charge in [0.25, 0.3) is 0 Å². The number of hydrogen-bond acceptors (Lipinski definition) is 4. The van der Waals surface area contributed by atoms with Crippen molar-refractivity contribution in [1.82, 2.24) is 9.80 Å². The van der Waals surface area contributed by atoms with Gasteiger partial charge in [-0.05, 0) is 57.7 Å². The zero-order chi connectivity index (χ0) is 15.3. The van der Waals surface area contributed by atoms with Crippen molar-refractivity contribution in [1.29, 1.82) is 0 Å². The number of hydrogen-bond donors (Lipinski definition) is 1. The van der Waals surface area contributed by atoms with Crippen LogP contribution in [0.1, 0.15) is 39.5 Å². The zero-order valence-corrected chi connectivity index (χ0v) is 14.3. The fourth-order valence-corrected chi connectivity index (χ4v) is 3.38. The van der Waals surface area contributed by atoms with Crippen LogP contribution in [0, 0.1) is 11.8 Å². The lowest BCUT2D eigenvalue weighted by Crippen LogP contribution is -2.59. The second-order valence-corrected chi connectivity index (χ2v) is 7.56. The van der Waals surface area contributed by atoms with E-state index >= 15 is 0 Å². The van der Waals surface area contributed by atoms with E-state index in [-0.39, 0.29) is 5.54 Å². The van der Waals surface area contributed by atoms with Crippen molar-refractivity contribution in [2.24, 2.45) is 17.6 Å². The molecule has 4 nitrogen and oxygen atoms in total. The van der Waals surface area contributed by atoms with Gasteiger partial charge in [0, 0.05) is 31.8 Å². The van der Waals surface area contributed by atoms with E-state index in [0.29, 0.717) is 0 Å². The van der Waals surface area contributed by atoms with Crippen molar-refractivity contribution >= 4 is 0 Å². The van der Waals surface area contributed by atoms with Gasteiger partial charge in [-0.3, -0.25) is 4.90 Å². The molecule has 1 heterocycles. The highest BCUT2D eigenvalue weighted by molar-refractivity contribution is 4.95. The van der Waals surface area contributed by atoms with E-state index in [0.717, 1.165) is 38.1 Å². The quantitative estimate of drug-likeness (QED) is 0.659. The van der Waals surface area contributed by atoms with Crippen molar-refractivity contribution in [3.63, 3.8) is 0 Å². The first-order valence-corrected chi connectivity index (χ1v) is 8.77. The zero-order valence-electron chi connectivity index (χ0n) is 14.3. The normalized spacial score (nSPS) is 23.1. The van der Waals surface area contributed by atoms with Crippen molar-refractivity contribution in [2.75, 3.05) is 53.0 Å². The molecule has 2 rings (SSSR count). The fraction of sp³-hybridized carbons (Fsp3) is 1.00. The summed E-state index contributed by atoms with van der Waals surface area (Å²) >= 11 is 0. The molecule has 0 aromatic carbocycles. The van der Waals surface area contributed by atoms with E-state index in [2.05, 4.69) is 30.7 Å². The molecule has 1 saturated heterocycles. The molecular formula is C17H35N3O. The highest BCUT2D eigenvalue weighted by Gasteiger charge is 2.36. The molecule has 2 aliphatic rings. The van der Waals surface area contributed by atoms with E-state index in [1.54, 1.807) is 0 Å². The Balaban J connectivity index is 1.72. The fourth-order valence-electron chi connectivity index (χ4n) is 3.38. The summed E-state index contributed by atoms with van der Waals surface area (Å²) in [4.78, 5) is 5.06. The highest BCUT2D eigenvalue weighted by Crippen LogP contribution is 2.29. The Morgan fingerprint density at radius 2 is 1.95 bits per heavy atom. The lowest BCUT2D eigenvalue weighted by atomic mass is 9.85. The first-order valence-electron chi connectivity index (χ1n) is 8.77. The van der Waals surface area contributed by atoms with Gasteiger partial charge in [0.2, 0.25) is 0 Å². The first-order chi connectivity index (χ1) is 10.1. The highest BCUT2D eigenvalue weighted by atomic mass is 16.5. The van der Waals surface area contributed by atoms with Gasteiger partial charge in [0.05, 0.1) is 6.61 Å². The summed E-state index contributed by atoms with van der Waals surface area (Å²) in [5, 5.41) is 0. The largest absolute Gasteiger partial charge is 0.380 e. The molecule has 0 amide bonds. The van der Waals surface area contributed by atoms with E-state index in [4.69, 9.17) is 10.5 Å². The molecule has 0 atom stereocenters. The molecule has 124 valence electrons. The molecule has 2 N–H and O–H groups in total. The number of likely N-dealkylation sites (N-methyl/N-ethyl adjacent to an activating group) is 1. The number of nitrogens with zero attached hydrogens (tertiary/aromatic N) is 2. The maximum absolute atomic E-state index is 6.15. The number of ether oxygens (including phenoxy) is 1. The minimum absolute atomic E-state index is 0.191. The van der Waals surface area contributed by atoms with Crippen LogP contribution >= 0.6 is 0 Å². The summed E-state index contributed by atoms with van der Waals surface area (Å²) in [6.45, 7) is 11.8. The van der Waals surface area contributed by atoms with Crippen LogP contribution < -0.4 is 5.73 Å². The molecule has 0 bridgehead atoms. The summed E-state index contributed by atoms with van der Waals surface area (Å²) in [7, 11) is 2.23. The van der Waals surface area contributed by atoms with Crippen LogP contribution in [0.5, 0.6) is 0 Å². The summed E-state index contributed by atoms with van der Waals surface area (Å²) in [6.07, 6.45) is 5.12. The summed E-state index contributed by atoms with van der Waals surface area (Å²) in [6, 6.07) is 0. The van der Waals surface area contributed by atoms with Crippen LogP contribution in [0.2, 0.25) is 0 Å². The van der Waals surface area contributed by atoms with Crippen molar-refractivity contribution in [3.8, 4) is 0 Å². The molecule has 0 radical (unpaired) electrons. The molecule has 21 heavy (non-hydrogen) atoms. The number of nitrogens with two attached hydrogens (primary N) is 1. The maximum Gasteiger partial charge on any atom is 0.0593 e. The third-order valence-electron chi connectivity index (χ3n) is 5.22. The third kappa shape index (κ3) is 5.20. The van der Waals surface area contributed by atoms with Crippen LogP contribution in [0.3, 0.4) is 0 Å². The molecule has 1 saturated carbocycles. The van der Waals surface area contributed by atoms with Gasteiger partial charge in [-0.15, -0.1) is 0 Å². The van der Waals surface area contributed by atoms with Gasteiger partial charge in [-0.25, -0.2) is 0 Å². The first kappa shape index (κ1) is 17.2. The second kappa shape index (κ2) is 7.91. The second-order valence-electron chi connectivity index (χ2n) is 7.56. The van der Waals surface area contributed by atoms with Gasteiger partial charge in [0.15, 0.2) is 0 Å². The minimum Gasteiger partial charge on any atom is -0.380 e. The number of rotatable bonds is 9. The van der Waals surface area contributed by atoms with E-state index in [1.165, 1.54) is 45.3 Å². The van der Waals surface area contributed by atoms with E-state index < -0.39 is 0 Å². The Bertz CT molecular complexity index is 296. The Kier molecular flexibility index (Phi) is 6.48. The average molecular weight is 297 g/mol. The van der Waals surface area contributed by atoms with Crippen molar-refractivity contribution < 1.29 is 4.74 Å². The monoisotopic (exact) mass is 297 g/mol. The van der Waals surface area contributed by atoms with Crippen molar-refractivity contribution in [3.05, 3.63) is 0 Å². The van der Waals surface area contributed by atoms with Crippen LogP contribution in [0.25, 0.3) is 0 Å². The predicted molar refractivity (Wildman–Crippen MR) is 88.5 cm³/mol. The SMILES string of the molecule is CC(C)CN1CCC(CN)(N(C)CCOCC2CC2)CC1. The standard InChI is InChI=1S/C17H35N3O/c1-15(2)12-20-8-6-17(14-18,7-9-20)19(3)10-11-21-13-16-4-5-16/h15-16H,4-14,18H2,1-3H3. The Morgan fingerprint density at radius 3 is 2.48 bits per heavy atom. The summed E-state index contributed by atoms with van der Waals surface area (Å²) < 4.78 is 5.79. The molecule has 4 heteroatoms. The Morgan fingerprint density at radius 1 is 1.29 bits per heavy atom. The molecule has 1 aliphatic heterocycles. The molecule has 1 aliphatic carbocycles. The predicted octanol–water partition coefficient (Wildman–Crippen LogP) is 1.79. The van der Waals surface area contributed by atoms with Crippen LogP contribution in [0.4, 0.5) is 0 Å². The molecular weight excluding hydrogens is 262 g/mol. The molecule has 0 unspecified atom stereocenters. The third-order valence-corrected chi connectivity index (χ3v) is 5.22. The van der Waals surface area contributed by atoms with Gasteiger partial charge in [-0.2, -0.15) is 0 Å². The van der Waals surface area contributed by atoms with E-state index in [1.807, 2.05) is 0 Å². The van der Waals surface area contributed by atoms with Crippen LogP contribution in [-0.2, 0) is 4.74 Å². The Labute approximate surface area is 131 Å². The summed E-state index contributed by atoms with van der Waals surface area (Å²) in [5.41, 5.74) is 6.34. The topological polar surface area (TPSA) is 41.7 Å². The molecule has 0 aromatic heterocycles. The maximum atomic E-state index is 6.15. The van der Waals surface area contributed by atoms with Crippen LogP contribution in [0.15, 0.2) is 0 Å². The number of likely N-dealkylation sites (tertiary alicyclic amines) is 1. The van der Waals surface area contributed by atoms with Gasteiger partial charge in [-0.1, -0.05) is 13.8 Å². The molecule has 0 aromatic rings. The van der Waals surface area contributed by atoms with Gasteiger partial charge < -0.3 is 15.4 Å². The Hall–Kier alpha value is -0.160. The molecule has 0 spiro atoms. The van der Waals surface area contributed by atoms with Gasteiger partial charge >= 0.3 is 0 Å². The lowest BCUT2D eigenvalue weighted by molar-refractivity contribution is 0.0172. The van der Waals surface area contributed by atoms with Crippen molar-refractivity contribution in [2.45, 2.75) is 45.1 Å². The van der Waals surface area contributed by atoms with Crippen LogP contribution in [-0.4, -0.2) is 68.3 Å². The lowest BCUT2D eigenvalue weighted by Gasteiger charge is -2.47. The minimum atomic E-state index is 0.191. The van der Waals surface area contributed by atoms with Gasteiger partial charge in [0.1, 0.15) is 0 Å². The smallest absolute Gasteiger partial charge is 0.0593 e. The average Bonchev–Trinajstić information content (AvgIpc) is 3.28. The summed E-state index contributed by atoms with van der Waals surface area (Å²) in [5.74, 6) is 1.61. The number of piperidine rings is 1. The molecule has 2 fully saturated rings.